The highest BCUT2D eigenvalue weighted by Crippen LogP contribution is 2.13. The quantitative estimate of drug-likeness (QED) is 0.0925. The zero-order valence-corrected chi connectivity index (χ0v) is 19.8. The Hall–Kier alpha value is 0.170. The summed E-state index contributed by atoms with van der Waals surface area (Å²) in [5.41, 5.74) is 3.38. The van der Waals surface area contributed by atoms with Gasteiger partial charge in [0.05, 0.1) is 6.17 Å². The first-order valence-electron chi connectivity index (χ1n) is 12.1. The molecule has 1 unspecified atom stereocenters. The topological polar surface area (TPSA) is 18.5 Å². The molecule has 0 amide bonds. The predicted molar refractivity (Wildman–Crippen MR) is 123 cm³/mol. The largest absolute Gasteiger partial charge is 0.286 e. The Labute approximate surface area is 176 Å². The van der Waals surface area contributed by atoms with E-state index in [1.165, 1.54) is 89.9 Å². The average Bonchev–Trinajstić information content (AvgIpc) is 2.68. The molecule has 0 aliphatic rings. The summed E-state index contributed by atoms with van der Waals surface area (Å²) in [7, 11) is 0. The molecule has 0 aliphatic heterocycles. The standard InChI is InChI=1S/C23H50ClN3/c1-5-9-10-11-12-13-14-15-16-17-18-19-20-21-22-25-27(24)23(6-2)26(7-3)8-4/h23,25H,5-22H2,1-4H3. The van der Waals surface area contributed by atoms with E-state index < -0.39 is 0 Å². The fraction of sp³-hybridized carbons (Fsp3) is 1.00. The summed E-state index contributed by atoms with van der Waals surface area (Å²) >= 11 is 6.44. The van der Waals surface area contributed by atoms with Crippen LogP contribution in [0.25, 0.3) is 0 Å². The van der Waals surface area contributed by atoms with Crippen molar-refractivity contribution in [1.29, 1.82) is 0 Å². The molecular formula is C23H50ClN3. The monoisotopic (exact) mass is 403 g/mol. The van der Waals surface area contributed by atoms with Crippen molar-refractivity contribution in [1.82, 2.24) is 14.9 Å². The van der Waals surface area contributed by atoms with Crippen LogP contribution in [0.3, 0.4) is 0 Å². The van der Waals surface area contributed by atoms with Crippen LogP contribution in [0.15, 0.2) is 0 Å². The SMILES string of the molecule is CCCCCCCCCCCCCCCCNN(Cl)C(CC)N(CC)CC. The van der Waals surface area contributed by atoms with E-state index in [9.17, 15) is 0 Å². The first-order valence-corrected chi connectivity index (χ1v) is 12.5. The lowest BCUT2D eigenvalue weighted by Crippen LogP contribution is -2.49. The lowest BCUT2D eigenvalue weighted by Gasteiger charge is -2.34. The normalized spacial score (nSPS) is 13.0. The van der Waals surface area contributed by atoms with E-state index in [0.717, 1.165) is 26.1 Å². The van der Waals surface area contributed by atoms with E-state index in [2.05, 4.69) is 38.0 Å². The van der Waals surface area contributed by atoms with Crippen LogP contribution >= 0.6 is 11.8 Å². The van der Waals surface area contributed by atoms with Crippen LogP contribution in [0.2, 0.25) is 0 Å². The van der Waals surface area contributed by atoms with Crippen molar-refractivity contribution in [3.63, 3.8) is 0 Å². The highest BCUT2D eigenvalue weighted by atomic mass is 35.5. The van der Waals surface area contributed by atoms with Gasteiger partial charge in [-0.2, -0.15) is 0 Å². The molecule has 0 bridgehead atoms. The molecule has 0 heterocycles. The molecule has 0 spiro atoms. The number of rotatable bonds is 21. The van der Waals surface area contributed by atoms with Crippen LogP contribution < -0.4 is 5.43 Å². The van der Waals surface area contributed by atoms with Gasteiger partial charge in [0.15, 0.2) is 0 Å². The molecule has 0 aromatic rings. The van der Waals surface area contributed by atoms with Gasteiger partial charge in [0.2, 0.25) is 0 Å². The molecule has 0 rings (SSSR count). The Kier molecular flexibility index (Phi) is 21.0. The number of hydrazine groups is 1. The molecule has 0 fully saturated rings. The Bertz CT molecular complexity index is 285. The molecule has 27 heavy (non-hydrogen) atoms. The summed E-state index contributed by atoms with van der Waals surface area (Å²) < 4.78 is 1.80. The van der Waals surface area contributed by atoms with Crippen LogP contribution in [0.4, 0.5) is 0 Å². The maximum absolute atomic E-state index is 6.44. The highest BCUT2D eigenvalue weighted by molar-refractivity contribution is 6.13. The summed E-state index contributed by atoms with van der Waals surface area (Å²) in [5, 5.41) is 0. The molecule has 0 aromatic carbocycles. The smallest absolute Gasteiger partial charge is 0.0921 e. The third-order valence-corrected chi connectivity index (χ3v) is 6.00. The van der Waals surface area contributed by atoms with E-state index in [1.54, 1.807) is 4.53 Å². The minimum Gasteiger partial charge on any atom is -0.286 e. The van der Waals surface area contributed by atoms with Crippen LogP contribution in [0, 0.1) is 0 Å². The molecule has 1 atom stereocenters. The van der Waals surface area contributed by atoms with Gasteiger partial charge >= 0.3 is 0 Å². The van der Waals surface area contributed by atoms with Crippen molar-refractivity contribution in [3.8, 4) is 0 Å². The van der Waals surface area contributed by atoms with Gasteiger partial charge in [0.25, 0.3) is 0 Å². The number of halogens is 1. The second-order valence-electron chi connectivity index (χ2n) is 7.93. The number of unbranched alkanes of at least 4 members (excludes halogenated alkanes) is 13. The number of hydrogen-bond donors (Lipinski definition) is 1. The second kappa shape index (κ2) is 20.9. The van der Waals surface area contributed by atoms with Crippen LogP contribution in [0.5, 0.6) is 0 Å². The van der Waals surface area contributed by atoms with Crippen LogP contribution in [-0.2, 0) is 0 Å². The van der Waals surface area contributed by atoms with Crippen molar-refractivity contribution in [2.75, 3.05) is 19.6 Å². The Morgan fingerprint density at radius 3 is 1.41 bits per heavy atom. The number of nitrogens with zero attached hydrogens (tertiary/aromatic N) is 2. The summed E-state index contributed by atoms with van der Waals surface area (Å²) in [6.45, 7) is 12.0. The van der Waals surface area contributed by atoms with Gasteiger partial charge in [-0.15, -0.1) is 4.53 Å². The Morgan fingerprint density at radius 1 is 0.630 bits per heavy atom. The number of nitrogens with one attached hydrogen (secondary N) is 1. The third-order valence-electron chi connectivity index (χ3n) is 5.65. The second-order valence-corrected chi connectivity index (χ2v) is 8.29. The van der Waals surface area contributed by atoms with E-state index >= 15 is 0 Å². The molecule has 1 N–H and O–H groups in total. The average molecular weight is 404 g/mol. The van der Waals surface area contributed by atoms with Crippen molar-refractivity contribution in [2.24, 2.45) is 0 Å². The minimum atomic E-state index is 0.285. The maximum atomic E-state index is 6.44. The minimum absolute atomic E-state index is 0.285. The van der Waals surface area contributed by atoms with Gasteiger partial charge < -0.3 is 0 Å². The summed E-state index contributed by atoms with van der Waals surface area (Å²) in [6, 6.07) is 0. The van der Waals surface area contributed by atoms with E-state index in [-0.39, 0.29) is 6.17 Å². The van der Waals surface area contributed by atoms with Gasteiger partial charge in [-0.1, -0.05) is 111 Å². The van der Waals surface area contributed by atoms with Gasteiger partial charge in [0, 0.05) is 6.54 Å². The Morgan fingerprint density at radius 2 is 1.04 bits per heavy atom. The lowest BCUT2D eigenvalue weighted by molar-refractivity contribution is 0.0770. The van der Waals surface area contributed by atoms with Gasteiger partial charge in [-0.25, -0.2) is 5.43 Å². The molecular weight excluding hydrogens is 354 g/mol. The van der Waals surface area contributed by atoms with Crippen molar-refractivity contribution in [2.45, 2.75) is 130 Å². The molecule has 0 aromatic heterocycles. The summed E-state index contributed by atoms with van der Waals surface area (Å²) in [6.07, 6.45) is 21.0. The van der Waals surface area contributed by atoms with Crippen molar-refractivity contribution in [3.05, 3.63) is 0 Å². The molecule has 0 radical (unpaired) electrons. The molecule has 164 valence electrons. The van der Waals surface area contributed by atoms with Gasteiger partial charge in [0.1, 0.15) is 0 Å². The zero-order valence-electron chi connectivity index (χ0n) is 19.1. The lowest BCUT2D eigenvalue weighted by atomic mass is 10.0. The van der Waals surface area contributed by atoms with E-state index in [4.69, 9.17) is 11.8 Å². The van der Waals surface area contributed by atoms with Gasteiger partial charge in [-0.05, 0) is 37.7 Å². The maximum Gasteiger partial charge on any atom is 0.0921 e. The molecule has 0 aliphatic carbocycles. The Balaban J connectivity index is 3.39. The molecule has 0 saturated heterocycles. The van der Waals surface area contributed by atoms with Crippen LogP contribution in [-0.4, -0.2) is 35.2 Å². The highest BCUT2D eigenvalue weighted by Gasteiger charge is 2.19. The fourth-order valence-electron chi connectivity index (χ4n) is 3.82. The molecule has 4 heteroatoms. The first-order chi connectivity index (χ1) is 13.2. The first kappa shape index (κ1) is 27.2. The van der Waals surface area contributed by atoms with E-state index in [0.29, 0.717) is 0 Å². The number of hydrogen-bond acceptors (Lipinski definition) is 3. The van der Waals surface area contributed by atoms with Gasteiger partial charge in [-0.3, -0.25) is 4.90 Å². The predicted octanol–water partition coefficient (Wildman–Crippen LogP) is 7.51. The zero-order chi connectivity index (χ0) is 20.2. The summed E-state index contributed by atoms with van der Waals surface area (Å²) in [5.74, 6) is 0. The van der Waals surface area contributed by atoms with E-state index in [1.807, 2.05) is 0 Å². The molecule has 3 nitrogen and oxygen atoms in total. The van der Waals surface area contributed by atoms with Crippen LogP contribution in [0.1, 0.15) is 124 Å². The molecule has 0 saturated carbocycles. The third kappa shape index (κ3) is 15.7. The van der Waals surface area contributed by atoms with Crippen molar-refractivity contribution >= 4 is 11.8 Å². The summed E-state index contributed by atoms with van der Waals surface area (Å²) in [4.78, 5) is 2.39. The fourth-order valence-corrected chi connectivity index (χ4v) is 4.16. The van der Waals surface area contributed by atoms with Crippen molar-refractivity contribution < 1.29 is 0 Å².